The smallest absolute Gasteiger partial charge is 0.306 e. The fraction of sp³-hybridized carbons (Fsp3) is 0.717. The molecule has 0 amide bonds. The fourth-order valence-electron chi connectivity index (χ4n) is 7.36. The van der Waals surface area contributed by atoms with Crippen molar-refractivity contribution in [3.05, 3.63) is 85.1 Å². The Hall–Kier alpha value is -3.53. The van der Waals surface area contributed by atoms with Gasteiger partial charge in [0.15, 0.2) is 12.4 Å². The third-order valence-corrected chi connectivity index (χ3v) is 11.6. The Morgan fingerprint density at radius 3 is 1.23 bits per heavy atom. The molecule has 9 heteroatoms. The Kier molecular flexibility index (Phi) is 48.2. The van der Waals surface area contributed by atoms with Gasteiger partial charge in [0.05, 0.1) is 40.3 Å². The van der Waals surface area contributed by atoms with E-state index >= 15 is 0 Å². The molecule has 0 aromatic carbocycles. The molecular weight excluding hydrogens is 863 g/mol. The quantitative estimate of drug-likeness (QED) is 0.0195. The molecule has 0 bridgehead atoms. The third-order valence-electron chi connectivity index (χ3n) is 11.6. The van der Waals surface area contributed by atoms with Gasteiger partial charge < -0.3 is 33.3 Å². The molecule has 0 heterocycles. The van der Waals surface area contributed by atoms with Gasteiger partial charge in [0.25, 0.3) is 0 Å². The molecule has 2 atom stereocenters. The summed E-state index contributed by atoms with van der Waals surface area (Å²) in [5, 5.41) is 11.8. The summed E-state index contributed by atoms with van der Waals surface area (Å²) in [4.78, 5) is 37.2. The van der Waals surface area contributed by atoms with Crippen LogP contribution in [-0.2, 0) is 33.3 Å². The van der Waals surface area contributed by atoms with Crippen molar-refractivity contribution in [3.8, 4) is 0 Å². The van der Waals surface area contributed by atoms with Crippen LogP contribution < -0.4 is 5.11 Å². The monoisotopic (exact) mass is 966 g/mol. The van der Waals surface area contributed by atoms with Crippen molar-refractivity contribution in [2.24, 2.45) is 0 Å². The number of likely N-dealkylation sites (N-methyl/N-ethyl adjacent to an activating group) is 1. The number of rotatable bonds is 50. The second-order valence-corrected chi connectivity index (χ2v) is 19.5. The third kappa shape index (κ3) is 52.1. The number of allylic oxidation sites excluding steroid dienone is 14. The number of hydrogen-bond acceptors (Lipinski definition) is 8. The molecule has 0 aromatic heterocycles. The van der Waals surface area contributed by atoms with Crippen LogP contribution in [-0.4, -0.2) is 82.3 Å². The number of unbranched alkanes of at least 4 members (excludes halogenated alkanes) is 21. The summed E-state index contributed by atoms with van der Waals surface area (Å²) in [7, 11) is 5.91. The number of carboxylic acid groups (broad SMARTS) is 1. The van der Waals surface area contributed by atoms with Crippen LogP contribution in [0, 0.1) is 0 Å². The molecule has 2 unspecified atom stereocenters. The summed E-state index contributed by atoms with van der Waals surface area (Å²) in [5.41, 5.74) is 0. The minimum absolute atomic E-state index is 0.142. The molecule has 0 spiro atoms. The van der Waals surface area contributed by atoms with E-state index in [1.54, 1.807) is 0 Å². The second-order valence-electron chi connectivity index (χ2n) is 19.5. The molecule has 0 saturated heterocycles. The molecule has 0 saturated carbocycles. The fourth-order valence-corrected chi connectivity index (χ4v) is 7.36. The van der Waals surface area contributed by atoms with Crippen molar-refractivity contribution >= 4 is 17.9 Å². The summed E-state index contributed by atoms with van der Waals surface area (Å²) < 4.78 is 22.6. The van der Waals surface area contributed by atoms with Crippen molar-refractivity contribution in [1.29, 1.82) is 0 Å². The highest BCUT2D eigenvalue weighted by atomic mass is 16.7. The molecule has 0 radical (unpaired) electrons. The molecule has 0 fully saturated rings. The van der Waals surface area contributed by atoms with E-state index in [4.69, 9.17) is 18.9 Å². The van der Waals surface area contributed by atoms with E-state index in [1.165, 1.54) is 89.9 Å². The van der Waals surface area contributed by atoms with Gasteiger partial charge in [-0.1, -0.05) is 202 Å². The SMILES string of the molecule is CC/C=C\C/C=C\C/C=C\C/C=C\C/C=C\CCCCCCCCCCCCCCCC(=O)OC(COC(=O)CCCCCCC/C=C\C/C=C\CCCCC)COC(OCC[N+](C)(C)C)C(=O)[O-]. The lowest BCUT2D eigenvalue weighted by Crippen LogP contribution is -2.44. The highest BCUT2D eigenvalue weighted by molar-refractivity contribution is 5.70. The summed E-state index contributed by atoms with van der Waals surface area (Å²) in [6, 6.07) is 0. The van der Waals surface area contributed by atoms with E-state index in [-0.39, 0.29) is 38.6 Å². The lowest BCUT2D eigenvalue weighted by molar-refractivity contribution is -0.870. The molecule has 0 rings (SSSR count). The van der Waals surface area contributed by atoms with Gasteiger partial charge in [-0.15, -0.1) is 0 Å². The minimum atomic E-state index is -1.63. The first-order valence-electron chi connectivity index (χ1n) is 27.7. The number of carboxylic acids is 1. The van der Waals surface area contributed by atoms with Gasteiger partial charge in [-0.25, -0.2) is 0 Å². The molecule has 396 valence electrons. The van der Waals surface area contributed by atoms with Gasteiger partial charge in [-0.2, -0.15) is 0 Å². The number of carbonyl (C=O) groups excluding carboxylic acids is 3. The van der Waals surface area contributed by atoms with Crippen LogP contribution in [0.25, 0.3) is 0 Å². The molecule has 0 aliphatic heterocycles. The van der Waals surface area contributed by atoms with Crippen molar-refractivity contribution in [1.82, 2.24) is 0 Å². The number of ether oxygens (including phenoxy) is 4. The zero-order chi connectivity index (χ0) is 50.6. The second kappa shape index (κ2) is 50.8. The molecule has 69 heavy (non-hydrogen) atoms. The first kappa shape index (κ1) is 65.5. The van der Waals surface area contributed by atoms with Crippen LogP contribution in [0.2, 0.25) is 0 Å². The number of carbonyl (C=O) groups is 3. The largest absolute Gasteiger partial charge is 0.545 e. The summed E-state index contributed by atoms with van der Waals surface area (Å²) >= 11 is 0. The number of aliphatic carboxylic acids is 1. The van der Waals surface area contributed by atoms with E-state index in [0.717, 1.165) is 96.3 Å². The highest BCUT2D eigenvalue weighted by Gasteiger charge is 2.22. The number of nitrogens with zero attached hydrogens (tertiary/aromatic N) is 1. The van der Waals surface area contributed by atoms with Crippen LogP contribution in [0.4, 0.5) is 0 Å². The van der Waals surface area contributed by atoms with Crippen LogP contribution in [0.5, 0.6) is 0 Å². The predicted molar refractivity (Wildman–Crippen MR) is 288 cm³/mol. The number of esters is 2. The van der Waals surface area contributed by atoms with Gasteiger partial charge in [-0.05, 0) is 89.9 Å². The molecular formula is C60H103NO8. The molecule has 0 aliphatic rings. The molecule has 9 nitrogen and oxygen atoms in total. The van der Waals surface area contributed by atoms with Crippen LogP contribution >= 0.6 is 0 Å². The Labute approximate surface area is 423 Å². The van der Waals surface area contributed by atoms with Crippen molar-refractivity contribution in [2.45, 2.75) is 232 Å². The van der Waals surface area contributed by atoms with Crippen LogP contribution in [0.1, 0.15) is 219 Å². The van der Waals surface area contributed by atoms with Gasteiger partial charge in [0, 0.05) is 12.8 Å². The minimum Gasteiger partial charge on any atom is -0.545 e. The maximum atomic E-state index is 12.8. The van der Waals surface area contributed by atoms with Gasteiger partial charge in [-0.3, -0.25) is 9.59 Å². The van der Waals surface area contributed by atoms with Crippen molar-refractivity contribution < 1.29 is 42.9 Å². The molecule has 0 N–H and O–H groups in total. The lowest BCUT2D eigenvalue weighted by atomic mass is 10.0. The summed E-state index contributed by atoms with van der Waals surface area (Å²) in [6.07, 6.45) is 63.4. The number of hydrogen-bond donors (Lipinski definition) is 0. The van der Waals surface area contributed by atoms with Crippen molar-refractivity contribution in [3.63, 3.8) is 0 Å². The van der Waals surface area contributed by atoms with E-state index in [0.29, 0.717) is 17.4 Å². The van der Waals surface area contributed by atoms with Crippen LogP contribution in [0.3, 0.4) is 0 Å². The summed E-state index contributed by atoms with van der Waals surface area (Å²) in [6.45, 7) is 4.58. The zero-order valence-corrected chi connectivity index (χ0v) is 44.9. The van der Waals surface area contributed by atoms with Crippen molar-refractivity contribution in [2.75, 3.05) is 47.5 Å². The highest BCUT2D eigenvalue weighted by Crippen LogP contribution is 2.15. The topological polar surface area (TPSA) is 111 Å². The van der Waals surface area contributed by atoms with Gasteiger partial charge in [0.1, 0.15) is 13.2 Å². The molecule has 0 aliphatic carbocycles. The van der Waals surface area contributed by atoms with E-state index in [1.807, 2.05) is 21.1 Å². The Morgan fingerprint density at radius 1 is 0.449 bits per heavy atom. The predicted octanol–water partition coefficient (Wildman–Crippen LogP) is 14.7. The van der Waals surface area contributed by atoms with E-state index in [9.17, 15) is 19.5 Å². The Morgan fingerprint density at radius 2 is 0.826 bits per heavy atom. The van der Waals surface area contributed by atoms with E-state index in [2.05, 4.69) is 98.9 Å². The first-order valence-corrected chi connectivity index (χ1v) is 27.7. The Balaban J connectivity index is 4.24. The zero-order valence-electron chi connectivity index (χ0n) is 44.9. The van der Waals surface area contributed by atoms with E-state index < -0.39 is 24.3 Å². The average molecular weight is 966 g/mol. The maximum Gasteiger partial charge on any atom is 0.306 e. The summed E-state index contributed by atoms with van der Waals surface area (Å²) in [5.74, 6) is -2.31. The standard InChI is InChI=1S/C60H103NO8/c1-6-8-10-12-14-16-18-20-22-23-24-25-26-27-28-29-30-31-32-33-34-35-37-39-41-43-45-47-49-51-58(63)69-56(55-68-60(59(64)65)66-53-52-61(3,4)5)54-67-57(62)50-48-46-44-42-40-38-36-21-19-17-15-13-11-9-7-2/h8,10,14-17,20-22,24-25,27-28,36,56,60H,6-7,9,11-13,18-19,23,26,29-35,37-55H2,1-5H3/b10-8-,16-14-,17-15-,22-20-,25-24-,28-27-,36-21-. The Bertz CT molecular complexity index is 1400. The normalized spacial score (nSPS) is 13.5. The first-order chi connectivity index (χ1) is 33.6. The number of quaternary nitrogens is 1. The van der Waals surface area contributed by atoms with Crippen LogP contribution in [0.15, 0.2) is 85.1 Å². The van der Waals surface area contributed by atoms with Gasteiger partial charge in [0.2, 0.25) is 0 Å². The average Bonchev–Trinajstić information content (AvgIpc) is 3.31. The van der Waals surface area contributed by atoms with Gasteiger partial charge >= 0.3 is 11.9 Å². The lowest BCUT2D eigenvalue weighted by Gasteiger charge is -2.26. The maximum absolute atomic E-state index is 12.8. The molecule has 0 aromatic rings.